The van der Waals surface area contributed by atoms with E-state index in [1.165, 1.54) is 31.2 Å². The lowest BCUT2D eigenvalue weighted by Crippen LogP contribution is -2.33. The fourth-order valence-corrected chi connectivity index (χ4v) is 5.55. The molecule has 1 aromatic carbocycles. The Morgan fingerprint density at radius 3 is 1.97 bits per heavy atom. The highest BCUT2D eigenvalue weighted by molar-refractivity contribution is 5.52. The maximum Gasteiger partial charge on any atom is 0.416 e. The number of hydrogen-bond acceptors (Lipinski definition) is 3. The Balaban J connectivity index is 1.42. The van der Waals surface area contributed by atoms with E-state index in [0.717, 1.165) is 61.6 Å². The lowest BCUT2D eigenvalue weighted by atomic mass is 9.75. The molecule has 9 heteroatoms. The van der Waals surface area contributed by atoms with E-state index < -0.39 is 23.5 Å². The van der Waals surface area contributed by atoms with Crippen LogP contribution in [0.1, 0.15) is 85.9 Å². The third-order valence-corrected chi connectivity index (χ3v) is 7.99. The van der Waals surface area contributed by atoms with Gasteiger partial charge in [0.25, 0.3) is 0 Å². The van der Waals surface area contributed by atoms with Gasteiger partial charge in [-0.2, -0.15) is 26.3 Å². The van der Waals surface area contributed by atoms with Crippen LogP contribution >= 0.6 is 0 Å². The summed E-state index contributed by atoms with van der Waals surface area (Å²) in [6, 6.07) is 3.93. The van der Waals surface area contributed by atoms with Crippen molar-refractivity contribution < 1.29 is 26.3 Å². The first-order valence-corrected chi connectivity index (χ1v) is 13.6. The van der Waals surface area contributed by atoms with Crippen LogP contribution in [-0.4, -0.2) is 18.1 Å². The molecule has 0 saturated heterocycles. The number of aromatic nitrogens is 1. The van der Waals surface area contributed by atoms with Gasteiger partial charge in [-0.3, -0.25) is 0 Å². The van der Waals surface area contributed by atoms with Crippen LogP contribution in [0, 0.1) is 11.8 Å². The summed E-state index contributed by atoms with van der Waals surface area (Å²) in [7, 11) is 0. The van der Waals surface area contributed by atoms with Gasteiger partial charge in [0.15, 0.2) is 0 Å². The van der Waals surface area contributed by atoms with E-state index in [-0.39, 0.29) is 23.6 Å². The molecule has 2 saturated carbocycles. The second-order valence-electron chi connectivity index (χ2n) is 12.0. The number of pyridine rings is 1. The van der Waals surface area contributed by atoms with Crippen molar-refractivity contribution in [2.45, 2.75) is 89.7 Å². The minimum atomic E-state index is -4.86. The summed E-state index contributed by atoms with van der Waals surface area (Å²) in [6.07, 6.45) is -1.82. The van der Waals surface area contributed by atoms with Gasteiger partial charge < -0.3 is 10.2 Å². The molecule has 208 valence electrons. The average molecular weight is 540 g/mol. The van der Waals surface area contributed by atoms with E-state index in [4.69, 9.17) is 4.98 Å². The molecule has 0 bridgehead atoms. The summed E-state index contributed by atoms with van der Waals surface area (Å²) in [5.41, 5.74) is 0.611. The average Bonchev–Trinajstić information content (AvgIpc) is 3.74. The number of alkyl halides is 6. The van der Waals surface area contributed by atoms with Crippen LogP contribution in [0.3, 0.4) is 0 Å². The molecule has 3 nitrogen and oxygen atoms in total. The molecule has 3 aliphatic rings. The van der Waals surface area contributed by atoms with Gasteiger partial charge in [0.1, 0.15) is 5.82 Å². The molecule has 0 unspecified atom stereocenters. The van der Waals surface area contributed by atoms with Crippen molar-refractivity contribution in [2.75, 3.05) is 18.0 Å². The van der Waals surface area contributed by atoms with E-state index in [1.807, 2.05) is 0 Å². The molecule has 1 aromatic heterocycles. The number of nitrogens with zero attached hydrogens (tertiary/aromatic N) is 2. The van der Waals surface area contributed by atoms with Crippen LogP contribution in [0.25, 0.3) is 0 Å². The number of hydrogen-bond donors (Lipinski definition) is 1. The van der Waals surface area contributed by atoms with Gasteiger partial charge >= 0.3 is 12.4 Å². The molecule has 0 amide bonds. The molecular formula is C29H35F6N3. The van der Waals surface area contributed by atoms with Crippen molar-refractivity contribution in [1.82, 2.24) is 10.3 Å². The van der Waals surface area contributed by atoms with Crippen molar-refractivity contribution >= 4 is 5.82 Å². The van der Waals surface area contributed by atoms with E-state index in [2.05, 4.69) is 30.1 Å². The van der Waals surface area contributed by atoms with Crippen molar-refractivity contribution in [2.24, 2.45) is 11.8 Å². The third-order valence-electron chi connectivity index (χ3n) is 7.99. The molecule has 3 aliphatic carbocycles. The molecule has 0 spiro atoms. The molecule has 0 radical (unpaired) electrons. The first kappa shape index (κ1) is 27.3. The molecule has 5 rings (SSSR count). The predicted octanol–water partition coefficient (Wildman–Crippen LogP) is 7.65. The second kappa shape index (κ2) is 10.0. The predicted molar refractivity (Wildman–Crippen MR) is 135 cm³/mol. The number of aryl methyl sites for hydroxylation is 1. The smallest absolute Gasteiger partial charge is 0.356 e. The molecule has 1 heterocycles. The zero-order chi connectivity index (χ0) is 27.3. The summed E-state index contributed by atoms with van der Waals surface area (Å²) in [5, 5.41) is 3.13. The van der Waals surface area contributed by atoms with Gasteiger partial charge in [0, 0.05) is 37.2 Å². The maximum absolute atomic E-state index is 13.3. The summed E-state index contributed by atoms with van der Waals surface area (Å²) in [5.74, 6) is 2.24. The largest absolute Gasteiger partial charge is 0.416 e. The van der Waals surface area contributed by atoms with Gasteiger partial charge in [-0.05, 0) is 92.2 Å². The summed E-state index contributed by atoms with van der Waals surface area (Å²) < 4.78 is 79.8. The monoisotopic (exact) mass is 539 g/mol. The number of rotatable bonds is 9. The van der Waals surface area contributed by atoms with Gasteiger partial charge in [0.05, 0.1) is 16.8 Å². The highest BCUT2D eigenvalue weighted by atomic mass is 19.4. The minimum absolute atomic E-state index is 0.0366. The Labute approximate surface area is 220 Å². The molecule has 1 N–H and O–H groups in total. The Morgan fingerprint density at radius 2 is 1.45 bits per heavy atom. The van der Waals surface area contributed by atoms with E-state index >= 15 is 0 Å². The zero-order valence-electron chi connectivity index (χ0n) is 21.9. The standard InChI is InChI=1S/C29H35F6N3/c1-27(2)9-3-4-21-12-22(26(37-25(21)27)38(16-18-5-6-18)17-19-7-8-19)15-36-14-20-10-23(28(30,31)32)13-24(11-20)29(33,34)35/h10-13,18-19,36H,3-9,14-17H2,1-2H3. The van der Waals surface area contributed by atoms with Gasteiger partial charge in [-0.15, -0.1) is 0 Å². The first-order valence-electron chi connectivity index (χ1n) is 13.6. The summed E-state index contributed by atoms with van der Waals surface area (Å²) in [6.45, 7) is 6.53. The zero-order valence-corrected chi connectivity index (χ0v) is 21.9. The number of nitrogens with one attached hydrogen (secondary N) is 1. The lowest BCUT2D eigenvalue weighted by molar-refractivity contribution is -0.143. The van der Waals surface area contributed by atoms with Crippen LogP contribution < -0.4 is 10.2 Å². The van der Waals surface area contributed by atoms with E-state index in [0.29, 0.717) is 18.4 Å². The van der Waals surface area contributed by atoms with Gasteiger partial charge in [-0.1, -0.05) is 13.8 Å². The number of halogens is 6. The van der Waals surface area contributed by atoms with Crippen LogP contribution in [0.4, 0.5) is 32.2 Å². The molecule has 0 aliphatic heterocycles. The Hall–Kier alpha value is -2.29. The quantitative estimate of drug-likeness (QED) is 0.332. The van der Waals surface area contributed by atoms with Crippen LogP contribution in [0.5, 0.6) is 0 Å². The SMILES string of the molecule is CC1(C)CCCc2cc(CNCc3cc(C(F)(F)F)cc(C(F)(F)F)c3)c(N(CC3CC3)CC3CC3)nc21. The van der Waals surface area contributed by atoms with Crippen molar-refractivity contribution in [3.05, 3.63) is 57.8 Å². The van der Waals surface area contributed by atoms with Crippen LogP contribution in [-0.2, 0) is 37.3 Å². The Kier molecular flexibility index (Phi) is 7.20. The van der Waals surface area contributed by atoms with Crippen LogP contribution in [0.2, 0.25) is 0 Å². The lowest BCUT2D eigenvalue weighted by Gasteiger charge is -2.35. The molecule has 38 heavy (non-hydrogen) atoms. The van der Waals surface area contributed by atoms with Gasteiger partial charge in [-0.25, -0.2) is 4.98 Å². The minimum Gasteiger partial charge on any atom is -0.356 e. The third kappa shape index (κ3) is 6.46. The fraction of sp³-hybridized carbons (Fsp3) is 0.621. The maximum atomic E-state index is 13.3. The fourth-order valence-electron chi connectivity index (χ4n) is 5.55. The highest BCUT2D eigenvalue weighted by Crippen LogP contribution is 2.41. The van der Waals surface area contributed by atoms with E-state index in [1.54, 1.807) is 0 Å². The number of anilines is 1. The van der Waals surface area contributed by atoms with Crippen molar-refractivity contribution in [3.8, 4) is 0 Å². The number of fused-ring (bicyclic) bond motifs is 1. The van der Waals surface area contributed by atoms with Gasteiger partial charge in [0.2, 0.25) is 0 Å². The molecular weight excluding hydrogens is 504 g/mol. The Bertz CT molecular complexity index is 1120. The topological polar surface area (TPSA) is 28.2 Å². The summed E-state index contributed by atoms with van der Waals surface area (Å²) in [4.78, 5) is 7.63. The number of benzene rings is 1. The first-order chi connectivity index (χ1) is 17.8. The highest BCUT2D eigenvalue weighted by Gasteiger charge is 2.37. The van der Waals surface area contributed by atoms with Crippen molar-refractivity contribution in [3.63, 3.8) is 0 Å². The normalized spacial score (nSPS) is 19.4. The van der Waals surface area contributed by atoms with E-state index in [9.17, 15) is 26.3 Å². The Morgan fingerprint density at radius 1 is 0.868 bits per heavy atom. The van der Waals surface area contributed by atoms with Crippen LogP contribution in [0.15, 0.2) is 24.3 Å². The second-order valence-corrected chi connectivity index (χ2v) is 12.0. The summed E-state index contributed by atoms with van der Waals surface area (Å²) >= 11 is 0. The molecule has 2 fully saturated rings. The molecule has 2 aromatic rings. The molecule has 0 atom stereocenters. The van der Waals surface area contributed by atoms with Crippen molar-refractivity contribution in [1.29, 1.82) is 0 Å².